The van der Waals surface area contributed by atoms with Gasteiger partial charge in [-0.25, -0.2) is 0 Å². The number of hydrogen-bond acceptors (Lipinski definition) is 4. The van der Waals surface area contributed by atoms with Gasteiger partial charge < -0.3 is 20.1 Å². The van der Waals surface area contributed by atoms with Crippen LogP contribution in [0.5, 0.6) is 0 Å². The van der Waals surface area contributed by atoms with Crippen molar-refractivity contribution in [1.29, 1.82) is 0 Å². The molecule has 2 N–H and O–H groups in total. The molecule has 0 aliphatic heterocycles. The lowest BCUT2D eigenvalue weighted by Gasteiger charge is -2.24. The van der Waals surface area contributed by atoms with Crippen LogP contribution in [0, 0.1) is 0 Å². The fraction of sp³-hybridized carbons (Fsp3) is 0.889. The van der Waals surface area contributed by atoms with Crippen LogP contribution in [-0.4, -0.2) is 50.4 Å². The lowest BCUT2D eigenvalue weighted by molar-refractivity contribution is -0.154. The van der Waals surface area contributed by atoms with E-state index >= 15 is 0 Å². The molecule has 0 atom stereocenters. The highest BCUT2D eigenvalue weighted by Crippen LogP contribution is 2.11. The van der Waals surface area contributed by atoms with Crippen LogP contribution in [0.15, 0.2) is 4.99 Å². The maximum atomic E-state index is 11.6. The molecule has 0 rings (SSSR count). The van der Waals surface area contributed by atoms with E-state index in [9.17, 15) is 4.79 Å². The van der Waals surface area contributed by atoms with Gasteiger partial charge in [0.15, 0.2) is 5.96 Å². The van der Waals surface area contributed by atoms with Crippen LogP contribution in [0.25, 0.3) is 0 Å². The number of unbranched alkanes of at least 4 members (excludes halogenated alkanes) is 3. The predicted molar refractivity (Wildman–Crippen MR) is 115 cm³/mol. The van der Waals surface area contributed by atoms with Gasteiger partial charge >= 0.3 is 5.97 Å². The lowest BCUT2D eigenvalue weighted by atomic mass is 10.1. The average Bonchev–Trinajstić information content (AvgIpc) is 2.47. The third-order valence-electron chi connectivity index (χ3n) is 3.48. The topological polar surface area (TPSA) is 72.0 Å². The van der Waals surface area contributed by atoms with Gasteiger partial charge in [0.25, 0.3) is 0 Å². The normalized spacial score (nSPS) is 12.4. The Kier molecular flexibility index (Phi) is 14.5. The number of carbonyl (C=O) groups excluding carboxylic acids is 1. The second-order valence-electron chi connectivity index (χ2n) is 7.57. The molecule has 0 aliphatic rings. The maximum Gasteiger partial charge on any atom is 0.306 e. The molecule has 0 aliphatic carbocycles. The molecule has 6 nitrogen and oxygen atoms in total. The van der Waals surface area contributed by atoms with Crippen LogP contribution >= 0.6 is 24.0 Å². The summed E-state index contributed by atoms with van der Waals surface area (Å²) >= 11 is 0. The highest BCUT2D eigenvalue weighted by Gasteiger charge is 2.16. The Morgan fingerprint density at radius 2 is 1.60 bits per heavy atom. The van der Waals surface area contributed by atoms with Crippen LogP contribution in [0.3, 0.4) is 0 Å². The zero-order chi connectivity index (χ0) is 18.6. The first-order valence-electron chi connectivity index (χ1n) is 8.81. The number of hydrogen-bond donors (Lipinski definition) is 2. The number of nitrogens with zero attached hydrogens (tertiary/aromatic N) is 1. The van der Waals surface area contributed by atoms with Gasteiger partial charge in [0.05, 0.1) is 5.60 Å². The van der Waals surface area contributed by atoms with Crippen molar-refractivity contribution in [3.63, 3.8) is 0 Å². The number of methoxy groups -OCH3 is 1. The number of ether oxygens (including phenoxy) is 2. The van der Waals surface area contributed by atoms with E-state index in [1.54, 1.807) is 14.2 Å². The summed E-state index contributed by atoms with van der Waals surface area (Å²) in [5.74, 6) is 0.680. The van der Waals surface area contributed by atoms with Crippen LogP contribution in [-0.2, 0) is 14.3 Å². The summed E-state index contributed by atoms with van der Waals surface area (Å²) in [5.41, 5.74) is -0.611. The summed E-state index contributed by atoms with van der Waals surface area (Å²) in [5, 5.41) is 6.54. The van der Waals surface area contributed by atoms with Crippen LogP contribution in [0.4, 0.5) is 0 Å². The highest BCUT2D eigenvalue weighted by atomic mass is 127. The van der Waals surface area contributed by atoms with Crippen LogP contribution in [0.1, 0.15) is 66.7 Å². The lowest BCUT2D eigenvalue weighted by Crippen LogP contribution is -2.45. The minimum absolute atomic E-state index is 0. The fourth-order valence-corrected chi connectivity index (χ4v) is 1.94. The molecule has 7 heteroatoms. The second kappa shape index (κ2) is 13.6. The van der Waals surface area contributed by atoms with Crippen molar-refractivity contribution in [3.8, 4) is 0 Å². The Morgan fingerprint density at radius 1 is 1.00 bits per heavy atom. The monoisotopic (exact) mass is 471 g/mol. The first-order valence-corrected chi connectivity index (χ1v) is 8.81. The molecule has 0 aromatic carbocycles. The van der Waals surface area contributed by atoms with E-state index in [0.29, 0.717) is 13.0 Å². The van der Waals surface area contributed by atoms with E-state index < -0.39 is 0 Å². The summed E-state index contributed by atoms with van der Waals surface area (Å²) in [6, 6.07) is 0. The van der Waals surface area contributed by atoms with Crippen molar-refractivity contribution < 1.29 is 14.3 Å². The zero-order valence-corrected chi connectivity index (χ0v) is 19.4. The van der Waals surface area contributed by atoms with Gasteiger partial charge in [-0.1, -0.05) is 12.8 Å². The Bertz CT molecular complexity index is 394. The Labute approximate surface area is 170 Å². The van der Waals surface area contributed by atoms with Crippen LogP contribution in [0.2, 0.25) is 0 Å². The smallest absolute Gasteiger partial charge is 0.306 e. The Hall–Kier alpha value is -0.570. The summed E-state index contributed by atoms with van der Waals surface area (Å²) in [7, 11) is 3.46. The van der Waals surface area contributed by atoms with Gasteiger partial charge in [0.1, 0.15) is 5.60 Å². The molecule has 0 heterocycles. The first-order chi connectivity index (χ1) is 11.1. The largest absolute Gasteiger partial charge is 0.460 e. The summed E-state index contributed by atoms with van der Waals surface area (Å²) in [4.78, 5) is 15.8. The van der Waals surface area contributed by atoms with Gasteiger partial charge in [-0.2, -0.15) is 0 Å². The summed E-state index contributed by atoms with van der Waals surface area (Å²) in [6.07, 6.45) is 4.53. The molecule has 0 aromatic heterocycles. The van der Waals surface area contributed by atoms with Crippen molar-refractivity contribution in [3.05, 3.63) is 0 Å². The van der Waals surface area contributed by atoms with E-state index in [2.05, 4.69) is 15.6 Å². The van der Waals surface area contributed by atoms with Gasteiger partial charge in [-0.15, -0.1) is 24.0 Å². The molecule has 0 saturated carbocycles. The van der Waals surface area contributed by atoms with Crippen molar-refractivity contribution >= 4 is 35.9 Å². The van der Waals surface area contributed by atoms with E-state index in [0.717, 1.165) is 38.2 Å². The zero-order valence-electron chi connectivity index (χ0n) is 17.0. The summed E-state index contributed by atoms with van der Waals surface area (Å²) < 4.78 is 10.7. The van der Waals surface area contributed by atoms with E-state index in [1.165, 1.54) is 0 Å². The van der Waals surface area contributed by atoms with Crippen molar-refractivity contribution in [2.75, 3.05) is 27.2 Å². The SMILES string of the molecule is CN=C(NCCCCCCC(=O)OC(C)(C)C)NCC(C)(C)OC.I. The molecule has 0 unspecified atom stereocenters. The number of halogens is 1. The highest BCUT2D eigenvalue weighted by molar-refractivity contribution is 14.0. The first kappa shape index (κ1) is 26.7. The number of aliphatic imine (C=N–C) groups is 1. The third kappa shape index (κ3) is 16.6. The Balaban J connectivity index is 0. The molecule has 0 aromatic rings. The Morgan fingerprint density at radius 3 is 2.12 bits per heavy atom. The molecular formula is C18H38IN3O3. The number of carbonyl (C=O) groups is 1. The number of guanidine groups is 1. The quantitative estimate of drug-likeness (QED) is 0.168. The van der Waals surface area contributed by atoms with Crippen molar-refractivity contribution in [1.82, 2.24) is 10.6 Å². The summed E-state index contributed by atoms with van der Waals surface area (Å²) in [6.45, 7) is 11.3. The maximum absolute atomic E-state index is 11.6. The third-order valence-corrected chi connectivity index (χ3v) is 3.48. The van der Waals surface area contributed by atoms with E-state index in [-0.39, 0.29) is 41.1 Å². The number of esters is 1. The van der Waals surface area contributed by atoms with E-state index in [1.807, 2.05) is 34.6 Å². The standard InChI is InChI=1S/C18H37N3O3.HI/c1-17(2,3)24-15(22)12-10-8-9-11-13-20-16(19-6)21-14-18(4,5)23-7;/h8-14H2,1-7H3,(H2,19,20,21);1H. The van der Waals surface area contributed by atoms with E-state index in [4.69, 9.17) is 9.47 Å². The van der Waals surface area contributed by atoms with Gasteiger partial charge in [-0.3, -0.25) is 9.79 Å². The minimum Gasteiger partial charge on any atom is -0.460 e. The van der Waals surface area contributed by atoms with Crippen molar-refractivity contribution in [2.45, 2.75) is 77.9 Å². The number of rotatable bonds is 10. The molecule has 0 radical (unpaired) electrons. The van der Waals surface area contributed by atoms with Gasteiger partial charge in [-0.05, 0) is 47.5 Å². The minimum atomic E-state index is -0.388. The molecule has 0 saturated heterocycles. The second-order valence-corrected chi connectivity index (χ2v) is 7.57. The molecule has 25 heavy (non-hydrogen) atoms. The molecule has 150 valence electrons. The van der Waals surface area contributed by atoms with Gasteiger partial charge in [0, 0.05) is 33.7 Å². The fourth-order valence-electron chi connectivity index (χ4n) is 1.94. The van der Waals surface area contributed by atoms with Crippen molar-refractivity contribution in [2.24, 2.45) is 4.99 Å². The van der Waals surface area contributed by atoms with Crippen LogP contribution < -0.4 is 10.6 Å². The molecular weight excluding hydrogens is 433 g/mol. The number of nitrogens with one attached hydrogen (secondary N) is 2. The predicted octanol–water partition coefficient (Wildman–Crippen LogP) is 3.49. The molecule has 0 amide bonds. The molecule has 0 fully saturated rings. The molecule has 0 bridgehead atoms. The van der Waals surface area contributed by atoms with Gasteiger partial charge in [0.2, 0.25) is 0 Å². The average molecular weight is 471 g/mol. The molecule has 0 spiro atoms.